The highest BCUT2D eigenvalue weighted by Gasteiger charge is 2.21. The van der Waals surface area contributed by atoms with Gasteiger partial charge in [0, 0.05) is 6.54 Å². The molecule has 0 aliphatic carbocycles. The lowest BCUT2D eigenvalue weighted by atomic mass is 10.1. The summed E-state index contributed by atoms with van der Waals surface area (Å²) < 4.78 is 29.9. The van der Waals surface area contributed by atoms with Crippen LogP contribution < -0.4 is 9.62 Å². The number of sulfonamides is 1. The fraction of sp³-hybridized carbons (Fsp3) is 0.600. The van der Waals surface area contributed by atoms with Gasteiger partial charge in [0.25, 0.3) is 10.0 Å². The number of methoxy groups -OCH3 is 1. The zero-order valence-electron chi connectivity index (χ0n) is 13.4. The Morgan fingerprint density at radius 3 is 2.32 bits per heavy atom. The molecule has 1 heterocycles. The average Bonchev–Trinajstić information content (AvgIpc) is 2.95. The summed E-state index contributed by atoms with van der Waals surface area (Å²) in [7, 11) is -2.13. The van der Waals surface area contributed by atoms with Gasteiger partial charge in [-0.25, -0.2) is 8.42 Å². The molecule has 0 aromatic heterocycles. The number of ether oxygens (including phenoxy) is 1. The van der Waals surface area contributed by atoms with Gasteiger partial charge in [0.05, 0.1) is 18.6 Å². The first kappa shape index (κ1) is 17.2. The third-order valence-electron chi connectivity index (χ3n) is 3.82. The van der Waals surface area contributed by atoms with Crippen LogP contribution in [0.3, 0.4) is 0 Å². The topological polar surface area (TPSA) is 67.9 Å². The summed E-state index contributed by atoms with van der Waals surface area (Å²) in [6.45, 7) is 6.69. The van der Waals surface area contributed by atoms with Crippen LogP contribution in [0.2, 0.25) is 0 Å². The van der Waals surface area contributed by atoms with Crippen LogP contribution in [0.25, 0.3) is 0 Å². The largest absolute Gasteiger partial charge is 0.497 e. The average molecular weight is 328 g/mol. The van der Waals surface area contributed by atoms with Crippen molar-refractivity contribution in [2.24, 2.45) is 0 Å². The molecule has 1 aromatic carbocycles. The van der Waals surface area contributed by atoms with E-state index in [1.165, 1.54) is 12.8 Å². The molecule has 0 atom stereocenters. The highest BCUT2D eigenvalue weighted by Crippen LogP contribution is 2.25. The summed E-state index contributed by atoms with van der Waals surface area (Å²) >= 11 is 0. The Morgan fingerprint density at radius 1 is 1.18 bits per heavy atom. The summed E-state index contributed by atoms with van der Waals surface area (Å²) in [4.78, 5) is 9.90. The summed E-state index contributed by atoms with van der Waals surface area (Å²) in [6, 6.07) is 3.40. The second kappa shape index (κ2) is 7.41. The van der Waals surface area contributed by atoms with Gasteiger partial charge in [-0.3, -0.25) is 4.84 Å². The Bertz CT molecular complexity index is 587. The number of aryl methyl sites for hydroxylation is 2. The molecule has 1 saturated heterocycles. The van der Waals surface area contributed by atoms with E-state index >= 15 is 0 Å². The van der Waals surface area contributed by atoms with E-state index in [9.17, 15) is 8.42 Å². The Morgan fingerprint density at radius 2 is 1.77 bits per heavy atom. The van der Waals surface area contributed by atoms with Gasteiger partial charge in [0.2, 0.25) is 0 Å². The molecule has 22 heavy (non-hydrogen) atoms. The number of benzene rings is 1. The van der Waals surface area contributed by atoms with Crippen LogP contribution >= 0.6 is 0 Å². The zero-order chi connectivity index (χ0) is 16.2. The standard InChI is InChI=1S/C15H24N2O4S/c1-12-10-14(20-3)11-13(2)15(12)22(18,19)16-21-9-8-17-6-4-5-7-17/h10-11,16H,4-9H2,1-3H3. The van der Waals surface area contributed by atoms with Gasteiger partial charge in [-0.2, -0.15) is 0 Å². The van der Waals surface area contributed by atoms with Crippen molar-refractivity contribution in [1.82, 2.24) is 9.79 Å². The summed E-state index contributed by atoms with van der Waals surface area (Å²) in [5.41, 5.74) is 1.26. The molecular weight excluding hydrogens is 304 g/mol. The monoisotopic (exact) mass is 328 g/mol. The molecular formula is C15H24N2O4S. The lowest BCUT2D eigenvalue weighted by Crippen LogP contribution is -2.30. The minimum atomic E-state index is -3.69. The van der Waals surface area contributed by atoms with E-state index in [1.54, 1.807) is 33.1 Å². The lowest BCUT2D eigenvalue weighted by molar-refractivity contribution is 0.0755. The van der Waals surface area contributed by atoms with Crippen molar-refractivity contribution in [3.8, 4) is 5.75 Å². The molecule has 1 fully saturated rings. The number of nitrogens with one attached hydrogen (secondary N) is 1. The predicted molar refractivity (Wildman–Crippen MR) is 84.4 cm³/mol. The number of rotatable bonds is 7. The molecule has 0 unspecified atom stereocenters. The second-order valence-corrected chi connectivity index (χ2v) is 7.16. The summed E-state index contributed by atoms with van der Waals surface area (Å²) in [5, 5.41) is 0. The second-order valence-electron chi connectivity index (χ2n) is 5.57. The van der Waals surface area contributed by atoms with Crippen molar-refractivity contribution < 1.29 is 18.0 Å². The van der Waals surface area contributed by atoms with Crippen molar-refractivity contribution in [3.63, 3.8) is 0 Å². The van der Waals surface area contributed by atoms with Gasteiger partial charge >= 0.3 is 0 Å². The van der Waals surface area contributed by atoms with Crippen LogP contribution in [0.15, 0.2) is 17.0 Å². The van der Waals surface area contributed by atoms with E-state index in [1.807, 2.05) is 0 Å². The highest BCUT2D eigenvalue weighted by molar-refractivity contribution is 7.89. The maximum absolute atomic E-state index is 12.4. The smallest absolute Gasteiger partial charge is 0.262 e. The zero-order valence-corrected chi connectivity index (χ0v) is 14.2. The molecule has 0 radical (unpaired) electrons. The molecule has 124 valence electrons. The van der Waals surface area contributed by atoms with E-state index in [0.29, 0.717) is 23.5 Å². The van der Waals surface area contributed by atoms with Gasteiger partial charge in [0.1, 0.15) is 5.75 Å². The van der Waals surface area contributed by atoms with Gasteiger partial charge in [-0.15, -0.1) is 0 Å². The fourth-order valence-corrected chi connectivity index (χ4v) is 4.08. The van der Waals surface area contributed by atoms with E-state index in [4.69, 9.17) is 9.57 Å². The quantitative estimate of drug-likeness (QED) is 0.608. The molecule has 0 bridgehead atoms. The number of hydrogen-bond donors (Lipinski definition) is 1. The van der Waals surface area contributed by atoms with Crippen molar-refractivity contribution in [2.75, 3.05) is 33.4 Å². The van der Waals surface area contributed by atoms with Crippen LogP contribution in [0.1, 0.15) is 24.0 Å². The van der Waals surface area contributed by atoms with Crippen molar-refractivity contribution in [1.29, 1.82) is 0 Å². The molecule has 1 aliphatic rings. The molecule has 1 aromatic rings. The normalized spacial score (nSPS) is 16.1. The number of nitrogens with zero attached hydrogens (tertiary/aromatic N) is 1. The third kappa shape index (κ3) is 4.19. The van der Waals surface area contributed by atoms with Gasteiger partial charge in [-0.1, -0.05) is 4.89 Å². The summed E-state index contributed by atoms with van der Waals surface area (Å²) in [5.74, 6) is 0.643. The fourth-order valence-electron chi connectivity index (χ4n) is 2.79. The van der Waals surface area contributed by atoms with Crippen molar-refractivity contribution >= 4 is 10.0 Å². The maximum Gasteiger partial charge on any atom is 0.262 e. The predicted octanol–water partition coefficient (Wildman–Crippen LogP) is 1.62. The maximum atomic E-state index is 12.4. The van der Waals surface area contributed by atoms with Crippen LogP contribution in [-0.2, 0) is 14.9 Å². The molecule has 1 aliphatic heterocycles. The SMILES string of the molecule is COc1cc(C)c(S(=O)(=O)NOCCN2CCCC2)c(C)c1. The van der Waals surface area contributed by atoms with Gasteiger partial charge in [0.15, 0.2) is 0 Å². The first-order valence-electron chi connectivity index (χ1n) is 7.45. The minimum Gasteiger partial charge on any atom is -0.497 e. The van der Waals surface area contributed by atoms with E-state index in [2.05, 4.69) is 9.79 Å². The Kier molecular flexibility index (Phi) is 5.80. The minimum absolute atomic E-state index is 0.245. The Balaban J connectivity index is 1.97. The third-order valence-corrected chi connectivity index (χ3v) is 5.33. The van der Waals surface area contributed by atoms with E-state index in [-0.39, 0.29) is 4.90 Å². The first-order valence-corrected chi connectivity index (χ1v) is 8.93. The van der Waals surface area contributed by atoms with Crippen LogP contribution in [-0.4, -0.2) is 46.7 Å². The molecule has 0 amide bonds. The van der Waals surface area contributed by atoms with Crippen LogP contribution in [0.4, 0.5) is 0 Å². The van der Waals surface area contributed by atoms with Crippen LogP contribution in [0, 0.1) is 13.8 Å². The van der Waals surface area contributed by atoms with E-state index < -0.39 is 10.0 Å². The molecule has 1 N–H and O–H groups in total. The molecule has 7 heteroatoms. The van der Waals surface area contributed by atoms with Gasteiger partial charge < -0.3 is 9.64 Å². The van der Waals surface area contributed by atoms with Crippen LogP contribution in [0.5, 0.6) is 5.75 Å². The van der Waals surface area contributed by atoms with Crippen molar-refractivity contribution in [3.05, 3.63) is 23.3 Å². The molecule has 0 spiro atoms. The highest BCUT2D eigenvalue weighted by atomic mass is 32.2. The Labute approximate surface area is 132 Å². The van der Waals surface area contributed by atoms with E-state index in [0.717, 1.165) is 19.6 Å². The molecule has 6 nitrogen and oxygen atoms in total. The molecule has 0 saturated carbocycles. The first-order chi connectivity index (χ1) is 10.4. The number of hydrogen-bond acceptors (Lipinski definition) is 5. The number of likely N-dealkylation sites (tertiary alicyclic amines) is 1. The van der Waals surface area contributed by atoms with Crippen molar-refractivity contribution in [2.45, 2.75) is 31.6 Å². The Hall–Kier alpha value is -1.15. The molecule has 2 rings (SSSR count). The summed E-state index contributed by atoms with van der Waals surface area (Å²) in [6.07, 6.45) is 2.41. The van der Waals surface area contributed by atoms with Gasteiger partial charge in [-0.05, 0) is 63.0 Å². The lowest BCUT2D eigenvalue weighted by Gasteiger charge is -2.16.